The van der Waals surface area contributed by atoms with Crippen LogP contribution in [0.25, 0.3) is 0 Å². The van der Waals surface area contributed by atoms with E-state index in [9.17, 15) is 18.0 Å². The predicted octanol–water partition coefficient (Wildman–Crippen LogP) is 2.72. The number of carbonyl (C=O) groups excluding carboxylic acids is 1. The van der Waals surface area contributed by atoms with Crippen molar-refractivity contribution in [3.8, 4) is 0 Å². The van der Waals surface area contributed by atoms with E-state index >= 15 is 0 Å². The van der Waals surface area contributed by atoms with Gasteiger partial charge in [0.25, 0.3) is 0 Å². The molecule has 1 atom stereocenters. The van der Waals surface area contributed by atoms with Gasteiger partial charge in [-0.3, -0.25) is 0 Å². The minimum Gasteiger partial charge on any atom is -0.380 e. The molecule has 1 fully saturated rings. The van der Waals surface area contributed by atoms with Crippen LogP contribution in [0.4, 0.5) is 23.7 Å². The molecular formula is C14H17ClF3N3O2. The second-order valence-electron chi connectivity index (χ2n) is 5.17. The van der Waals surface area contributed by atoms with Crippen molar-refractivity contribution < 1.29 is 22.7 Å². The fraction of sp³-hybridized carbons (Fsp3) is 0.500. The summed E-state index contributed by atoms with van der Waals surface area (Å²) in [5.74, 6) is 0.0974. The van der Waals surface area contributed by atoms with Gasteiger partial charge in [-0.15, -0.1) is 0 Å². The smallest absolute Gasteiger partial charge is 0.380 e. The maximum absolute atomic E-state index is 12.7. The highest BCUT2D eigenvalue weighted by Crippen LogP contribution is 2.33. The topological polar surface area (TPSA) is 62.4 Å². The Morgan fingerprint density at radius 3 is 2.96 bits per heavy atom. The fourth-order valence-corrected chi connectivity index (χ4v) is 2.26. The lowest BCUT2D eigenvalue weighted by Gasteiger charge is -2.16. The molecule has 3 N–H and O–H groups in total. The molecule has 0 saturated carbocycles. The van der Waals surface area contributed by atoms with Crippen molar-refractivity contribution in [1.29, 1.82) is 0 Å². The van der Waals surface area contributed by atoms with Gasteiger partial charge in [-0.2, -0.15) is 13.2 Å². The van der Waals surface area contributed by atoms with Gasteiger partial charge >= 0.3 is 12.2 Å². The zero-order valence-corrected chi connectivity index (χ0v) is 12.9. The predicted molar refractivity (Wildman–Crippen MR) is 80.7 cm³/mol. The molecule has 1 heterocycles. The Kier molecular flexibility index (Phi) is 6.09. The first kappa shape index (κ1) is 17.8. The number of ether oxygens (including phenoxy) is 1. The van der Waals surface area contributed by atoms with Crippen molar-refractivity contribution in [2.45, 2.75) is 6.18 Å². The highest BCUT2D eigenvalue weighted by Gasteiger charge is 2.31. The maximum Gasteiger partial charge on any atom is 0.416 e. The van der Waals surface area contributed by atoms with Crippen molar-refractivity contribution >= 4 is 23.3 Å². The molecule has 0 aromatic heterocycles. The van der Waals surface area contributed by atoms with Gasteiger partial charge in [0, 0.05) is 25.6 Å². The Balaban J connectivity index is 1.91. The number of benzene rings is 1. The van der Waals surface area contributed by atoms with Crippen LogP contribution < -0.4 is 16.0 Å². The van der Waals surface area contributed by atoms with Crippen LogP contribution >= 0.6 is 11.6 Å². The number of rotatable bonds is 3. The Hall–Kier alpha value is -1.51. The molecule has 1 saturated heterocycles. The van der Waals surface area contributed by atoms with Gasteiger partial charge < -0.3 is 20.7 Å². The average molecular weight is 352 g/mol. The molecule has 0 bridgehead atoms. The largest absolute Gasteiger partial charge is 0.416 e. The lowest BCUT2D eigenvalue weighted by atomic mass is 10.1. The third-order valence-corrected chi connectivity index (χ3v) is 3.63. The van der Waals surface area contributed by atoms with Gasteiger partial charge in [-0.1, -0.05) is 11.6 Å². The zero-order chi connectivity index (χ0) is 16.9. The number of hydrogen-bond donors (Lipinski definition) is 3. The molecule has 1 aliphatic rings. The van der Waals surface area contributed by atoms with Crippen LogP contribution in [0.15, 0.2) is 18.2 Å². The van der Waals surface area contributed by atoms with Crippen molar-refractivity contribution in [1.82, 2.24) is 10.6 Å². The first-order valence-electron chi connectivity index (χ1n) is 7.06. The summed E-state index contributed by atoms with van der Waals surface area (Å²) >= 11 is 5.82. The Bertz CT molecular complexity index is 547. The summed E-state index contributed by atoms with van der Waals surface area (Å²) in [5.41, 5.74) is -0.965. The van der Waals surface area contributed by atoms with Gasteiger partial charge in [0.15, 0.2) is 0 Å². The molecule has 1 aromatic carbocycles. The normalized spacial score (nSPS) is 19.0. The van der Waals surface area contributed by atoms with Crippen molar-refractivity contribution in [3.63, 3.8) is 0 Å². The summed E-state index contributed by atoms with van der Waals surface area (Å²) in [6, 6.07) is 2.15. The van der Waals surface area contributed by atoms with Gasteiger partial charge in [0.2, 0.25) is 0 Å². The molecule has 2 rings (SSSR count). The number of amides is 2. The molecule has 23 heavy (non-hydrogen) atoms. The Morgan fingerprint density at radius 2 is 2.22 bits per heavy atom. The summed E-state index contributed by atoms with van der Waals surface area (Å²) in [5, 5.41) is 8.13. The molecule has 2 amide bonds. The molecule has 1 aromatic rings. The zero-order valence-electron chi connectivity index (χ0n) is 12.2. The van der Waals surface area contributed by atoms with E-state index in [1.165, 1.54) is 0 Å². The highest BCUT2D eigenvalue weighted by atomic mass is 35.5. The number of carbonyl (C=O) groups is 1. The number of urea groups is 1. The quantitative estimate of drug-likeness (QED) is 0.784. The van der Waals surface area contributed by atoms with Crippen molar-refractivity contribution in [2.24, 2.45) is 5.92 Å². The second kappa shape index (κ2) is 7.85. The number of nitrogens with one attached hydrogen (secondary N) is 3. The molecule has 0 spiro atoms. The number of halogens is 4. The van der Waals surface area contributed by atoms with E-state index in [0.29, 0.717) is 26.3 Å². The summed E-state index contributed by atoms with van der Waals surface area (Å²) in [4.78, 5) is 11.8. The lowest BCUT2D eigenvalue weighted by molar-refractivity contribution is -0.137. The van der Waals surface area contributed by atoms with Gasteiger partial charge in [0.05, 0.1) is 29.5 Å². The van der Waals surface area contributed by atoms with E-state index in [0.717, 1.165) is 24.7 Å². The lowest BCUT2D eigenvalue weighted by Crippen LogP contribution is -2.37. The molecule has 128 valence electrons. The molecule has 0 radical (unpaired) electrons. The summed E-state index contributed by atoms with van der Waals surface area (Å²) < 4.78 is 43.4. The van der Waals surface area contributed by atoms with E-state index in [4.69, 9.17) is 16.3 Å². The SMILES string of the molecule is O=C(NC[C@H]1CNCCOC1)Nc1cc(C(F)(F)F)ccc1Cl. The molecular weight excluding hydrogens is 335 g/mol. The first-order chi connectivity index (χ1) is 10.9. The van der Waals surface area contributed by atoms with Crippen LogP contribution in [-0.4, -0.2) is 38.9 Å². The van der Waals surface area contributed by atoms with Crippen molar-refractivity contribution in [2.75, 3.05) is 38.2 Å². The van der Waals surface area contributed by atoms with E-state index in [1.807, 2.05) is 0 Å². The van der Waals surface area contributed by atoms with Gasteiger partial charge in [-0.25, -0.2) is 4.79 Å². The molecule has 0 aliphatic carbocycles. The average Bonchev–Trinajstić information content (AvgIpc) is 2.75. The summed E-state index contributed by atoms with van der Waals surface area (Å²) in [7, 11) is 0. The van der Waals surface area contributed by atoms with Gasteiger partial charge in [0.1, 0.15) is 0 Å². The van der Waals surface area contributed by atoms with Crippen molar-refractivity contribution in [3.05, 3.63) is 28.8 Å². The summed E-state index contributed by atoms with van der Waals surface area (Å²) in [6.07, 6.45) is -4.50. The number of alkyl halides is 3. The summed E-state index contributed by atoms with van der Waals surface area (Å²) in [6.45, 7) is 2.92. The third kappa shape index (κ3) is 5.56. The standard InChI is InChI=1S/C14H17ClF3N3O2/c15-11-2-1-10(14(16,17)18)5-12(11)21-13(22)20-7-9-6-19-3-4-23-8-9/h1-2,5,9,19H,3-4,6-8H2,(H2,20,21,22)/t9-/m1/s1. The maximum atomic E-state index is 12.7. The van der Waals surface area contributed by atoms with Crippen LogP contribution in [0.5, 0.6) is 0 Å². The van der Waals surface area contributed by atoms with Crippen LogP contribution in [0.3, 0.4) is 0 Å². The number of hydrogen-bond acceptors (Lipinski definition) is 3. The molecule has 9 heteroatoms. The molecule has 5 nitrogen and oxygen atoms in total. The minimum atomic E-state index is -4.50. The van der Waals surface area contributed by atoms with Crippen LogP contribution in [-0.2, 0) is 10.9 Å². The van der Waals surface area contributed by atoms with Crippen LogP contribution in [0, 0.1) is 5.92 Å². The van der Waals surface area contributed by atoms with E-state index in [-0.39, 0.29) is 16.6 Å². The minimum absolute atomic E-state index is 0.0348. The van der Waals surface area contributed by atoms with E-state index < -0.39 is 17.8 Å². The first-order valence-corrected chi connectivity index (χ1v) is 7.44. The monoisotopic (exact) mass is 351 g/mol. The Labute approximate surface area is 136 Å². The number of anilines is 1. The Morgan fingerprint density at radius 1 is 1.43 bits per heavy atom. The van der Waals surface area contributed by atoms with Gasteiger partial charge in [-0.05, 0) is 18.2 Å². The highest BCUT2D eigenvalue weighted by molar-refractivity contribution is 6.33. The molecule has 0 unspecified atom stereocenters. The van der Waals surface area contributed by atoms with Crippen LogP contribution in [0.2, 0.25) is 5.02 Å². The molecule has 1 aliphatic heterocycles. The van der Waals surface area contributed by atoms with Crippen LogP contribution in [0.1, 0.15) is 5.56 Å². The van der Waals surface area contributed by atoms with E-state index in [2.05, 4.69) is 16.0 Å². The fourth-order valence-electron chi connectivity index (χ4n) is 2.09. The third-order valence-electron chi connectivity index (χ3n) is 3.30. The second-order valence-corrected chi connectivity index (χ2v) is 5.58. The van der Waals surface area contributed by atoms with E-state index in [1.54, 1.807) is 0 Å².